The second kappa shape index (κ2) is 7.17. The predicted octanol–water partition coefficient (Wildman–Crippen LogP) is 4.18. The summed E-state index contributed by atoms with van der Waals surface area (Å²) in [5.74, 6) is 3.35. The van der Waals surface area contributed by atoms with Crippen LogP contribution in [0.1, 0.15) is 51.6 Å². The minimum absolute atomic E-state index is 0.203. The van der Waals surface area contributed by atoms with Crippen LogP contribution >= 0.6 is 0 Å². The summed E-state index contributed by atoms with van der Waals surface area (Å²) in [6.45, 7) is 6.79. The Morgan fingerprint density at radius 3 is 2.29 bits per heavy atom. The summed E-state index contributed by atoms with van der Waals surface area (Å²) in [4.78, 5) is 0. The number of nitrogens with one attached hydrogen (secondary N) is 1. The highest BCUT2D eigenvalue weighted by Gasteiger charge is 2.27. The van der Waals surface area contributed by atoms with Crippen molar-refractivity contribution in [2.75, 3.05) is 14.2 Å². The van der Waals surface area contributed by atoms with Crippen molar-refractivity contribution in [2.45, 2.75) is 52.2 Å². The molecule has 1 aliphatic carbocycles. The molecule has 1 N–H and O–H groups in total. The summed E-state index contributed by atoms with van der Waals surface area (Å²) >= 11 is 0. The van der Waals surface area contributed by atoms with E-state index in [1.54, 1.807) is 7.11 Å². The van der Waals surface area contributed by atoms with Crippen LogP contribution in [0.25, 0.3) is 0 Å². The summed E-state index contributed by atoms with van der Waals surface area (Å²) in [6, 6.07) is 6.28. The molecular weight excluding hydrogens is 262 g/mol. The van der Waals surface area contributed by atoms with E-state index in [1.165, 1.54) is 6.42 Å². The average Bonchev–Trinajstić information content (AvgIpc) is 2.45. The van der Waals surface area contributed by atoms with E-state index in [9.17, 15) is 0 Å². The smallest absolute Gasteiger partial charge is 0.128 e. The summed E-state index contributed by atoms with van der Waals surface area (Å²) in [6.07, 6.45) is 3.93. The van der Waals surface area contributed by atoms with E-state index < -0.39 is 0 Å². The van der Waals surface area contributed by atoms with Gasteiger partial charge in [0, 0.05) is 6.04 Å². The van der Waals surface area contributed by atoms with E-state index in [-0.39, 0.29) is 6.04 Å². The summed E-state index contributed by atoms with van der Waals surface area (Å²) < 4.78 is 11.9. The predicted molar refractivity (Wildman–Crippen MR) is 87.1 cm³/mol. The molecule has 3 heteroatoms. The molecule has 0 aliphatic heterocycles. The molecule has 3 unspecified atom stereocenters. The average molecular weight is 291 g/mol. The van der Waals surface area contributed by atoms with Crippen LogP contribution in [0, 0.1) is 11.8 Å². The van der Waals surface area contributed by atoms with Gasteiger partial charge >= 0.3 is 0 Å². The topological polar surface area (TPSA) is 30.5 Å². The minimum atomic E-state index is 0.203. The van der Waals surface area contributed by atoms with Gasteiger partial charge in [-0.05, 0) is 57.2 Å². The van der Waals surface area contributed by atoms with Crippen molar-refractivity contribution in [3.8, 4) is 11.5 Å². The maximum Gasteiger partial charge on any atom is 0.128 e. The molecule has 0 saturated heterocycles. The zero-order chi connectivity index (χ0) is 15.4. The van der Waals surface area contributed by atoms with Gasteiger partial charge in [-0.1, -0.05) is 19.9 Å². The Balaban J connectivity index is 2.22. The van der Waals surface area contributed by atoms with Crippen molar-refractivity contribution < 1.29 is 9.47 Å². The van der Waals surface area contributed by atoms with Crippen LogP contribution in [0.5, 0.6) is 11.5 Å². The first-order chi connectivity index (χ1) is 10.0. The van der Waals surface area contributed by atoms with Crippen molar-refractivity contribution in [3.05, 3.63) is 23.8 Å². The van der Waals surface area contributed by atoms with Crippen LogP contribution < -0.4 is 14.8 Å². The fourth-order valence-electron chi connectivity index (χ4n) is 3.52. The molecular formula is C18H29NO2. The van der Waals surface area contributed by atoms with Crippen molar-refractivity contribution in [2.24, 2.45) is 11.8 Å². The fourth-order valence-corrected chi connectivity index (χ4v) is 3.52. The van der Waals surface area contributed by atoms with E-state index in [4.69, 9.17) is 9.47 Å². The maximum atomic E-state index is 6.37. The van der Waals surface area contributed by atoms with Gasteiger partial charge in [0.2, 0.25) is 0 Å². The van der Waals surface area contributed by atoms with Crippen molar-refractivity contribution in [1.29, 1.82) is 0 Å². The Bertz CT molecular complexity index is 451. The molecule has 1 aromatic carbocycles. The van der Waals surface area contributed by atoms with Crippen LogP contribution in [-0.2, 0) is 0 Å². The molecule has 1 saturated carbocycles. The third kappa shape index (κ3) is 3.91. The molecule has 0 heterocycles. The molecule has 0 spiro atoms. The molecule has 0 aromatic heterocycles. The van der Waals surface area contributed by atoms with Crippen molar-refractivity contribution >= 4 is 0 Å². The molecule has 2 rings (SSSR count). The SMILES string of the molecule is CNC(C)c1c(OC)cccc1OC1CC(C)CC(C)C1. The largest absolute Gasteiger partial charge is 0.496 e. The number of hydrogen-bond acceptors (Lipinski definition) is 3. The van der Waals surface area contributed by atoms with Gasteiger partial charge in [0.15, 0.2) is 0 Å². The second-order valence-corrected chi connectivity index (χ2v) is 6.54. The van der Waals surface area contributed by atoms with E-state index in [1.807, 2.05) is 19.2 Å². The zero-order valence-electron chi connectivity index (χ0n) is 14.0. The van der Waals surface area contributed by atoms with Crippen LogP contribution in [-0.4, -0.2) is 20.3 Å². The minimum Gasteiger partial charge on any atom is -0.496 e. The Hall–Kier alpha value is -1.22. The number of methoxy groups -OCH3 is 1. The summed E-state index contributed by atoms with van der Waals surface area (Å²) in [5.41, 5.74) is 1.12. The van der Waals surface area contributed by atoms with Crippen LogP contribution in [0.15, 0.2) is 18.2 Å². The van der Waals surface area contributed by atoms with Gasteiger partial charge < -0.3 is 14.8 Å². The van der Waals surface area contributed by atoms with Crippen LogP contribution in [0.4, 0.5) is 0 Å². The molecule has 1 aliphatic rings. The quantitative estimate of drug-likeness (QED) is 0.883. The highest BCUT2D eigenvalue weighted by atomic mass is 16.5. The summed E-state index contributed by atoms with van der Waals surface area (Å²) in [7, 11) is 3.68. The summed E-state index contributed by atoms with van der Waals surface area (Å²) in [5, 5.41) is 3.29. The number of ether oxygens (including phenoxy) is 2. The monoisotopic (exact) mass is 291 g/mol. The van der Waals surface area contributed by atoms with Crippen LogP contribution in [0.3, 0.4) is 0 Å². The maximum absolute atomic E-state index is 6.37. The second-order valence-electron chi connectivity index (χ2n) is 6.54. The molecule has 0 bridgehead atoms. The van der Waals surface area contributed by atoms with Crippen LogP contribution in [0.2, 0.25) is 0 Å². The van der Waals surface area contributed by atoms with E-state index in [2.05, 4.69) is 32.2 Å². The number of benzene rings is 1. The van der Waals surface area contributed by atoms with E-state index in [0.717, 1.165) is 41.7 Å². The molecule has 1 fully saturated rings. The highest BCUT2D eigenvalue weighted by molar-refractivity contribution is 5.46. The van der Waals surface area contributed by atoms with Gasteiger partial charge in [-0.15, -0.1) is 0 Å². The Kier molecular flexibility index (Phi) is 5.51. The lowest BCUT2D eigenvalue weighted by Crippen LogP contribution is -2.29. The lowest BCUT2D eigenvalue weighted by Gasteiger charge is -2.32. The van der Waals surface area contributed by atoms with Crippen molar-refractivity contribution in [1.82, 2.24) is 5.32 Å². The van der Waals surface area contributed by atoms with Gasteiger partial charge in [-0.2, -0.15) is 0 Å². The lowest BCUT2D eigenvalue weighted by atomic mass is 9.82. The number of hydrogen-bond donors (Lipinski definition) is 1. The molecule has 0 amide bonds. The first-order valence-electron chi connectivity index (χ1n) is 8.06. The lowest BCUT2D eigenvalue weighted by molar-refractivity contribution is 0.0993. The van der Waals surface area contributed by atoms with Gasteiger partial charge in [0.1, 0.15) is 11.5 Å². The van der Waals surface area contributed by atoms with Gasteiger partial charge in [-0.3, -0.25) is 0 Å². The Labute approximate surface area is 129 Å². The Morgan fingerprint density at radius 2 is 1.71 bits per heavy atom. The third-order valence-electron chi connectivity index (χ3n) is 4.54. The molecule has 0 radical (unpaired) electrons. The van der Waals surface area contributed by atoms with Gasteiger partial charge in [-0.25, -0.2) is 0 Å². The van der Waals surface area contributed by atoms with E-state index in [0.29, 0.717) is 6.10 Å². The van der Waals surface area contributed by atoms with E-state index >= 15 is 0 Å². The first-order valence-corrected chi connectivity index (χ1v) is 8.06. The highest BCUT2D eigenvalue weighted by Crippen LogP contribution is 2.37. The van der Waals surface area contributed by atoms with Gasteiger partial charge in [0.25, 0.3) is 0 Å². The normalized spacial score (nSPS) is 27.2. The Morgan fingerprint density at radius 1 is 1.10 bits per heavy atom. The van der Waals surface area contributed by atoms with Gasteiger partial charge in [0.05, 0.1) is 18.8 Å². The molecule has 3 atom stereocenters. The van der Waals surface area contributed by atoms with Crippen molar-refractivity contribution in [3.63, 3.8) is 0 Å². The molecule has 3 nitrogen and oxygen atoms in total. The molecule has 118 valence electrons. The standard InChI is InChI=1S/C18H29NO2/c1-12-9-13(2)11-15(10-12)21-17-8-6-7-16(20-5)18(17)14(3)19-4/h6-8,12-15,19H,9-11H2,1-5H3. The third-order valence-corrected chi connectivity index (χ3v) is 4.54. The first kappa shape index (κ1) is 16.2. The molecule has 1 aromatic rings. The number of rotatable bonds is 5. The zero-order valence-corrected chi connectivity index (χ0v) is 14.0. The fraction of sp³-hybridized carbons (Fsp3) is 0.667. The molecule has 21 heavy (non-hydrogen) atoms.